The number of nitrogens with one attached hydrogen (secondary N) is 1. The molecule has 4 nitrogen and oxygen atoms in total. The van der Waals surface area contributed by atoms with Crippen molar-refractivity contribution in [1.82, 2.24) is 4.24 Å². The largest absolute Gasteiger partial charge is 0.293 e. The minimum absolute atomic E-state index is 0.0574. The van der Waals surface area contributed by atoms with Gasteiger partial charge in [-0.1, -0.05) is 34.1 Å². The van der Waals surface area contributed by atoms with Crippen molar-refractivity contribution in [3.63, 3.8) is 0 Å². The maximum atomic E-state index is 11.4. The first kappa shape index (κ1) is 12.6. The van der Waals surface area contributed by atoms with E-state index in [1.54, 1.807) is 10.3 Å². The van der Waals surface area contributed by atoms with E-state index in [9.17, 15) is 13.2 Å². The van der Waals surface area contributed by atoms with E-state index in [4.69, 9.17) is 11.8 Å². The summed E-state index contributed by atoms with van der Waals surface area (Å²) in [4.78, 5) is 11.3. The van der Waals surface area contributed by atoms with E-state index in [-0.39, 0.29) is 21.6 Å². The van der Waals surface area contributed by atoms with Crippen LogP contribution in [0.25, 0.3) is 0 Å². The standard InChI is InChI=1S/C8H7BrClNO3S/c9-5-7(12)6-3-1-2-4-8(6)15(13,14)11-10/h1-4,11H,5H2. The molecule has 0 aromatic heterocycles. The maximum Gasteiger partial charge on any atom is 0.254 e. The number of Topliss-reactive ketones (excluding diaryl/α,β-unsaturated/α-hetero) is 1. The van der Waals surface area contributed by atoms with Gasteiger partial charge in [0.15, 0.2) is 5.78 Å². The summed E-state index contributed by atoms with van der Waals surface area (Å²) < 4.78 is 24.5. The maximum absolute atomic E-state index is 11.4. The zero-order valence-corrected chi connectivity index (χ0v) is 10.6. The fraction of sp³-hybridized carbons (Fsp3) is 0.125. The van der Waals surface area contributed by atoms with E-state index in [1.807, 2.05) is 0 Å². The molecule has 0 saturated carbocycles. The minimum atomic E-state index is -3.81. The zero-order valence-electron chi connectivity index (χ0n) is 7.41. The third-order valence-electron chi connectivity index (χ3n) is 1.70. The molecule has 0 fully saturated rings. The van der Waals surface area contributed by atoms with Crippen molar-refractivity contribution in [2.24, 2.45) is 0 Å². The number of alkyl halides is 1. The highest BCUT2D eigenvalue weighted by Gasteiger charge is 2.20. The molecule has 15 heavy (non-hydrogen) atoms. The molecule has 0 radical (unpaired) electrons. The quantitative estimate of drug-likeness (QED) is 0.523. The smallest absolute Gasteiger partial charge is 0.254 e. The molecule has 82 valence electrons. The van der Waals surface area contributed by atoms with Crippen LogP contribution in [0.2, 0.25) is 0 Å². The highest BCUT2D eigenvalue weighted by molar-refractivity contribution is 9.09. The molecule has 1 rings (SSSR count). The van der Waals surface area contributed by atoms with Crippen molar-refractivity contribution in [3.8, 4) is 0 Å². The third-order valence-corrected chi connectivity index (χ3v) is 3.96. The van der Waals surface area contributed by atoms with Crippen LogP contribution in [0.5, 0.6) is 0 Å². The Hall–Kier alpha value is -0.430. The third kappa shape index (κ3) is 2.78. The summed E-state index contributed by atoms with van der Waals surface area (Å²) >= 11 is 8.06. The Morgan fingerprint density at radius 3 is 2.53 bits per heavy atom. The lowest BCUT2D eigenvalue weighted by atomic mass is 10.1. The van der Waals surface area contributed by atoms with Crippen molar-refractivity contribution in [2.45, 2.75) is 4.90 Å². The second-order valence-electron chi connectivity index (χ2n) is 2.63. The molecule has 7 heteroatoms. The van der Waals surface area contributed by atoms with Gasteiger partial charge < -0.3 is 0 Å². The van der Waals surface area contributed by atoms with Gasteiger partial charge in [0.05, 0.1) is 10.2 Å². The molecule has 0 bridgehead atoms. The highest BCUT2D eigenvalue weighted by Crippen LogP contribution is 2.16. The summed E-state index contributed by atoms with van der Waals surface area (Å²) in [5.74, 6) is -0.318. The summed E-state index contributed by atoms with van der Waals surface area (Å²) in [7, 11) is -3.81. The highest BCUT2D eigenvalue weighted by atomic mass is 79.9. The van der Waals surface area contributed by atoms with Gasteiger partial charge >= 0.3 is 0 Å². The first-order valence-electron chi connectivity index (χ1n) is 3.83. The molecule has 0 atom stereocenters. The number of hydrogen-bond donors (Lipinski definition) is 1. The van der Waals surface area contributed by atoms with Crippen molar-refractivity contribution >= 4 is 43.5 Å². The summed E-state index contributed by atoms with van der Waals surface area (Å²) in [6, 6.07) is 5.86. The first-order chi connectivity index (χ1) is 7.03. The molecular weight excluding hydrogens is 306 g/mol. The Labute approximate surface area is 101 Å². The summed E-state index contributed by atoms with van der Waals surface area (Å²) in [6.45, 7) is 0. The van der Waals surface area contributed by atoms with Crippen LogP contribution < -0.4 is 4.24 Å². The molecule has 0 heterocycles. The van der Waals surface area contributed by atoms with Crippen molar-refractivity contribution < 1.29 is 13.2 Å². The summed E-state index contributed by atoms with van der Waals surface area (Å²) in [5, 5.41) is 0.0574. The lowest BCUT2D eigenvalue weighted by Crippen LogP contribution is -2.17. The molecule has 1 aromatic rings. The van der Waals surface area contributed by atoms with Crippen molar-refractivity contribution in [3.05, 3.63) is 29.8 Å². The van der Waals surface area contributed by atoms with Crippen LogP contribution in [-0.4, -0.2) is 19.5 Å². The van der Waals surface area contributed by atoms with E-state index in [2.05, 4.69) is 15.9 Å². The number of carbonyl (C=O) groups excluding carboxylic acids is 1. The normalized spacial score (nSPS) is 11.3. The average Bonchev–Trinajstić information content (AvgIpc) is 2.28. The second-order valence-corrected chi connectivity index (χ2v) is 5.26. The number of sulfonamides is 1. The van der Waals surface area contributed by atoms with Crippen LogP contribution in [0.4, 0.5) is 0 Å². The molecular formula is C8H7BrClNO3S. The predicted octanol–water partition coefficient (Wildman–Crippen LogP) is 1.70. The van der Waals surface area contributed by atoms with E-state index in [1.165, 1.54) is 18.2 Å². The average molecular weight is 313 g/mol. The molecule has 0 aliphatic carbocycles. The minimum Gasteiger partial charge on any atom is -0.293 e. The van der Waals surface area contributed by atoms with Crippen LogP contribution in [0.1, 0.15) is 10.4 Å². The van der Waals surface area contributed by atoms with E-state index >= 15 is 0 Å². The van der Waals surface area contributed by atoms with Crippen molar-refractivity contribution in [1.29, 1.82) is 0 Å². The van der Waals surface area contributed by atoms with Gasteiger partial charge in [0.25, 0.3) is 10.0 Å². The Kier molecular flexibility index (Phi) is 4.27. The van der Waals surface area contributed by atoms with E-state index < -0.39 is 10.0 Å². The molecule has 0 aliphatic heterocycles. The van der Waals surface area contributed by atoms with Gasteiger partial charge in [-0.25, -0.2) is 8.42 Å². The first-order valence-corrected chi connectivity index (χ1v) is 6.82. The van der Waals surface area contributed by atoms with Gasteiger partial charge in [0, 0.05) is 5.56 Å². The summed E-state index contributed by atoms with van der Waals surface area (Å²) in [6.07, 6.45) is 0. The van der Waals surface area contributed by atoms with Crippen LogP contribution in [0.15, 0.2) is 29.2 Å². The SMILES string of the molecule is O=C(CBr)c1ccccc1S(=O)(=O)NCl. The van der Waals surface area contributed by atoms with Gasteiger partial charge in [-0.3, -0.25) is 4.79 Å². The zero-order chi connectivity index (χ0) is 11.5. The molecule has 0 unspecified atom stereocenters. The number of hydrogen-bond acceptors (Lipinski definition) is 3. The molecule has 0 spiro atoms. The number of halogens is 2. The lowest BCUT2D eigenvalue weighted by Gasteiger charge is -2.05. The molecule has 0 amide bonds. The second kappa shape index (κ2) is 5.07. The van der Waals surface area contributed by atoms with E-state index in [0.717, 1.165) is 0 Å². The molecule has 1 aromatic carbocycles. The van der Waals surface area contributed by atoms with Gasteiger partial charge in [-0.2, -0.15) is 0 Å². The molecule has 0 aliphatic rings. The Balaban J connectivity index is 3.37. The van der Waals surface area contributed by atoms with Crippen LogP contribution in [-0.2, 0) is 10.0 Å². The topological polar surface area (TPSA) is 63.2 Å². The number of benzene rings is 1. The van der Waals surface area contributed by atoms with E-state index in [0.29, 0.717) is 0 Å². The summed E-state index contributed by atoms with van der Waals surface area (Å²) in [5.41, 5.74) is 0.113. The van der Waals surface area contributed by atoms with Crippen molar-refractivity contribution in [2.75, 3.05) is 5.33 Å². The fourth-order valence-electron chi connectivity index (χ4n) is 1.04. The van der Waals surface area contributed by atoms with Gasteiger partial charge in [0.1, 0.15) is 0 Å². The van der Waals surface area contributed by atoms with Gasteiger partial charge in [-0.05, 0) is 17.8 Å². The lowest BCUT2D eigenvalue weighted by molar-refractivity contribution is 0.102. The monoisotopic (exact) mass is 311 g/mol. The van der Waals surface area contributed by atoms with Gasteiger partial charge in [-0.15, -0.1) is 4.24 Å². The Morgan fingerprint density at radius 2 is 2.00 bits per heavy atom. The molecule has 1 N–H and O–H groups in total. The van der Waals surface area contributed by atoms with Gasteiger partial charge in [0.2, 0.25) is 0 Å². The predicted molar refractivity (Wildman–Crippen MR) is 60.7 cm³/mol. The van der Waals surface area contributed by atoms with Crippen LogP contribution in [0, 0.1) is 0 Å². The molecule has 0 saturated heterocycles. The Morgan fingerprint density at radius 1 is 1.40 bits per heavy atom. The van der Waals surface area contributed by atoms with Crippen LogP contribution >= 0.6 is 27.7 Å². The fourth-order valence-corrected chi connectivity index (χ4v) is 2.41. The Bertz CT molecular complexity index is 475. The number of rotatable bonds is 4. The number of carbonyl (C=O) groups is 1. The van der Waals surface area contributed by atoms with Crippen LogP contribution in [0.3, 0.4) is 0 Å². The number of ketones is 1.